The first-order chi connectivity index (χ1) is 6.51. The molecule has 0 radical (unpaired) electrons. The zero-order chi connectivity index (χ0) is 10.8. The Labute approximate surface area is 98.5 Å². The second-order valence-corrected chi connectivity index (χ2v) is 5.38. The average Bonchev–Trinajstić information content (AvgIpc) is 2.64. The molecule has 1 heterocycles. The molecule has 0 saturated carbocycles. The van der Waals surface area contributed by atoms with Crippen molar-refractivity contribution >= 4 is 32.4 Å². The number of hydrogen-bond donors (Lipinski definition) is 0. The van der Waals surface area contributed by atoms with Crippen LogP contribution in [0.25, 0.3) is 0 Å². The maximum atomic E-state index is 4.57. The summed E-state index contributed by atoms with van der Waals surface area (Å²) >= 11 is 5.25. The standard InChI is InChI=1S/C10H17BrN2S/c1-5-8-6-14-9(12-8)13(4)10(2,3)7-11/h6H,5,7H2,1-4H3. The molecule has 0 unspecified atom stereocenters. The monoisotopic (exact) mass is 276 g/mol. The van der Waals surface area contributed by atoms with Crippen LogP contribution in [0, 0.1) is 0 Å². The van der Waals surface area contributed by atoms with Crippen LogP contribution in [0.5, 0.6) is 0 Å². The summed E-state index contributed by atoms with van der Waals surface area (Å²) in [5.41, 5.74) is 1.30. The van der Waals surface area contributed by atoms with Gasteiger partial charge in [-0.15, -0.1) is 11.3 Å². The van der Waals surface area contributed by atoms with Gasteiger partial charge in [-0.2, -0.15) is 0 Å². The van der Waals surface area contributed by atoms with E-state index < -0.39 is 0 Å². The quantitative estimate of drug-likeness (QED) is 0.785. The molecule has 0 fully saturated rings. The third kappa shape index (κ3) is 2.48. The van der Waals surface area contributed by atoms with Gasteiger partial charge in [-0.3, -0.25) is 0 Å². The van der Waals surface area contributed by atoms with Crippen molar-refractivity contribution in [1.29, 1.82) is 0 Å². The highest BCUT2D eigenvalue weighted by atomic mass is 79.9. The number of hydrogen-bond acceptors (Lipinski definition) is 3. The van der Waals surface area contributed by atoms with E-state index in [1.54, 1.807) is 11.3 Å². The van der Waals surface area contributed by atoms with Crippen molar-refractivity contribution in [3.8, 4) is 0 Å². The summed E-state index contributed by atoms with van der Waals surface area (Å²) < 4.78 is 0. The minimum absolute atomic E-state index is 0.114. The number of halogens is 1. The first-order valence-electron chi connectivity index (χ1n) is 4.75. The van der Waals surface area contributed by atoms with Crippen molar-refractivity contribution in [2.24, 2.45) is 0 Å². The summed E-state index contributed by atoms with van der Waals surface area (Å²) in [4.78, 5) is 6.79. The molecular weight excluding hydrogens is 260 g/mol. The molecule has 0 atom stereocenters. The molecule has 0 spiro atoms. The van der Waals surface area contributed by atoms with E-state index in [0.29, 0.717) is 0 Å². The maximum Gasteiger partial charge on any atom is 0.185 e. The SMILES string of the molecule is CCc1csc(N(C)C(C)(C)CBr)n1. The largest absolute Gasteiger partial charge is 0.345 e. The Morgan fingerprint density at radius 1 is 1.57 bits per heavy atom. The smallest absolute Gasteiger partial charge is 0.185 e. The Kier molecular flexibility index (Phi) is 3.95. The lowest BCUT2D eigenvalue weighted by atomic mass is 10.1. The minimum Gasteiger partial charge on any atom is -0.345 e. The molecule has 1 rings (SSSR count). The molecule has 0 aliphatic carbocycles. The lowest BCUT2D eigenvalue weighted by molar-refractivity contribution is 0.550. The van der Waals surface area contributed by atoms with Crippen LogP contribution in [0.2, 0.25) is 0 Å². The van der Waals surface area contributed by atoms with Crippen LogP contribution in [-0.4, -0.2) is 22.9 Å². The summed E-state index contributed by atoms with van der Waals surface area (Å²) in [6.45, 7) is 6.54. The van der Waals surface area contributed by atoms with Crippen LogP contribution in [0.15, 0.2) is 5.38 Å². The molecule has 1 aromatic rings. The summed E-state index contributed by atoms with van der Waals surface area (Å²) in [6, 6.07) is 0. The molecule has 1 aromatic heterocycles. The van der Waals surface area contributed by atoms with Gasteiger partial charge in [0.25, 0.3) is 0 Å². The van der Waals surface area contributed by atoms with Crippen LogP contribution in [-0.2, 0) is 6.42 Å². The number of aromatic nitrogens is 1. The topological polar surface area (TPSA) is 16.1 Å². The molecule has 0 aromatic carbocycles. The number of rotatable bonds is 4. The van der Waals surface area contributed by atoms with Gasteiger partial charge in [0.1, 0.15) is 0 Å². The van der Waals surface area contributed by atoms with Crippen molar-refractivity contribution in [2.75, 3.05) is 17.3 Å². The molecular formula is C10H17BrN2S. The number of alkyl halides is 1. The van der Waals surface area contributed by atoms with E-state index in [2.05, 4.69) is 59.0 Å². The van der Waals surface area contributed by atoms with Gasteiger partial charge in [-0.25, -0.2) is 4.98 Å². The van der Waals surface area contributed by atoms with Crippen LogP contribution in [0.4, 0.5) is 5.13 Å². The van der Waals surface area contributed by atoms with Crippen LogP contribution >= 0.6 is 27.3 Å². The number of anilines is 1. The van der Waals surface area contributed by atoms with Gasteiger partial charge in [0.15, 0.2) is 5.13 Å². The molecule has 0 N–H and O–H groups in total. The van der Waals surface area contributed by atoms with Gasteiger partial charge in [-0.05, 0) is 20.3 Å². The molecule has 0 saturated heterocycles. The highest BCUT2D eigenvalue weighted by Gasteiger charge is 2.24. The van der Waals surface area contributed by atoms with E-state index in [-0.39, 0.29) is 5.54 Å². The van der Waals surface area contributed by atoms with Crippen molar-refractivity contribution in [1.82, 2.24) is 4.98 Å². The fraction of sp³-hybridized carbons (Fsp3) is 0.700. The highest BCUT2D eigenvalue weighted by Crippen LogP contribution is 2.27. The maximum absolute atomic E-state index is 4.57. The lowest BCUT2D eigenvalue weighted by Crippen LogP contribution is -2.42. The third-order valence-electron chi connectivity index (χ3n) is 2.42. The molecule has 80 valence electrons. The predicted molar refractivity (Wildman–Crippen MR) is 67.8 cm³/mol. The zero-order valence-corrected chi connectivity index (χ0v) is 11.6. The molecule has 0 aliphatic heterocycles. The first-order valence-corrected chi connectivity index (χ1v) is 6.75. The second kappa shape index (κ2) is 4.62. The molecule has 0 aliphatic rings. The highest BCUT2D eigenvalue weighted by molar-refractivity contribution is 9.09. The molecule has 14 heavy (non-hydrogen) atoms. The van der Waals surface area contributed by atoms with Gasteiger partial charge in [-0.1, -0.05) is 22.9 Å². The predicted octanol–water partition coefficient (Wildman–Crippen LogP) is 3.32. The van der Waals surface area contributed by atoms with E-state index in [1.807, 2.05) is 0 Å². The molecule has 0 bridgehead atoms. The number of thiazole rings is 1. The number of nitrogens with zero attached hydrogens (tertiary/aromatic N) is 2. The van der Waals surface area contributed by atoms with E-state index in [9.17, 15) is 0 Å². The summed E-state index contributed by atoms with van der Waals surface area (Å²) in [5.74, 6) is 0. The molecule has 0 amide bonds. The fourth-order valence-electron chi connectivity index (χ4n) is 0.961. The van der Waals surface area contributed by atoms with Crippen molar-refractivity contribution in [2.45, 2.75) is 32.7 Å². The third-order valence-corrected chi connectivity index (χ3v) is 4.76. The lowest BCUT2D eigenvalue weighted by Gasteiger charge is -2.33. The number of aryl methyl sites for hydroxylation is 1. The van der Waals surface area contributed by atoms with Gasteiger partial charge in [0.2, 0.25) is 0 Å². The summed E-state index contributed by atoms with van der Waals surface area (Å²) in [5, 5.41) is 4.18. The van der Waals surface area contributed by atoms with E-state index >= 15 is 0 Å². The second-order valence-electron chi connectivity index (χ2n) is 3.98. The minimum atomic E-state index is 0.114. The van der Waals surface area contributed by atoms with Gasteiger partial charge < -0.3 is 4.90 Å². The van der Waals surface area contributed by atoms with Gasteiger partial charge >= 0.3 is 0 Å². The van der Waals surface area contributed by atoms with Crippen LogP contribution in [0.1, 0.15) is 26.5 Å². The molecule has 4 heteroatoms. The average molecular weight is 277 g/mol. The van der Waals surface area contributed by atoms with Crippen molar-refractivity contribution < 1.29 is 0 Å². The van der Waals surface area contributed by atoms with E-state index in [0.717, 1.165) is 16.9 Å². The van der Waals surface area contributed by atoms with Crippen LogP contribution < -0.4 is 4.90 Å². The van der Waals surface area contributed by atoms with E-state index in [1.165, 1.54) is 5.69 Å². The Bertz CT molecular complexity index is 296. The Hall–Kier alpha value is -0.0900. The molecule has 2 nitrogen and oxygen atoms in total. The Balaban J connectivity index is 2.83. The fourth-order valence-corrected chi connectivity index (χ4v) is 2.37. The Morgan fingerprint density at radius 2 is 2.21 bits per heavy atom. The van der Waals surface area contributed by atoms with E-state index in [4.69, 9.17) is 0 Å². The van der Waals surface area contributed by atoms with Gasteiger partial charge in [0.05, 0.1) is 5.69 Å². The van der Waals surface area contributed by atoms with Crippen molar-refractivity contribution in [3.63, 3.8) is 0 Å². The zero-order valence-electron chi connectivity index (χ0n) is 9.17. The van der Waals surface area contributed by atoms with Gasteiger partial charge in [0, 0.05) is 23.3 Å². The first kappa shape index (κ1) is 12.0. The summed E-state index contributed by atoms with van der Waals surface area (Å²) in [6.07, 6.45) is 1.01. The summed E-state index contributed by atoms with van der Waals surface area (Å²) in [7, 11) is 2.10. The normalized spacial score (nSPS) is 11.8. The van der Waals surface area contributed by atoms with Crippen LogP contribution in [0.3, 0.4) is 0 Å². The van der Waals surface area contributed by atoms with Crippen molar-refractivity contribution in [3.05, 3.63) is 11.1 Å². The Morgan fingerprint density at radius 3 is 2.64 bits per heavy atom.